The first-order chi connectivity index (χ1) is 41.3. The Bertz CT molecular complexity index is 1690. The molecule has 0 aromatic heterocycles. The maximum atomic E-state index is 13.4. The molecule has 498 valence electrons. The van der Waals surface area contributed by atoms with Crippen molar-refractivity contribution in [2.75, 3.05) is 26.4 Å². The Morgan fingerprint density at radius 2 is 0.776 bits per heavy atom. The molecule has 3 aliphatic heterocycles. The van der Waals surface area contributed by atoms with Crippen molar-refractivity contribution in [3.63, 3.8) is 0 Å². The van der Waals surface area contributed by atoms with Gasteiger partial charge in [-0.1, -0.05) is 224 Å². The van der Waals surface area contributed by atoms with Gasteiger partial charge in [0.25, 0.3) is 0 Å². The monoisotopic (exact) mass is 1220 g/mol. The summed E-state index contributed by atoms with van der Waals surface area (Å²) in [6, 6.07) is -0.980. The number of allylic oxidation sites excluding steroid dienone is 5. The van der Waals surface area contributed by atoms with Crippen molar-refractivity contribution in [1.29, 1.82) is 0 Å². The molecule has 85 heavy (non-hydrogen) atoms. The minimum Gasteiger partial charge on any atom is -0.394 e. The van der Waals surface area contributed by atoms with E-state index in [1.807, 2.05) is 6.08 Å². The molecule has 3 saturated heterocycles. The molecular formula is C66H121NO18. The van der Waals surface area contributed by atoms with Gasteiger partial charge in [-0.25, -0.2) is 0 Å². The molecule has 3 heterocycles. The molecule has 3 aliphatic rings. The predicted molar refractivity (Wildman–Crippen MR) is 328 cm³/mol. The second kappa shape index (κ2) is 48.8. The van der Waals surface area contributed by atoms with Crippen molar-refractivity contribution in [2.24, 2.45) is 0 Å². The number of unbranched alkanes of at least 4 members (excludes halogenated alkanes) is 31. The lowest BCUT2D eigenvalue weighted by molar-refractivity contribution is -0.379. The first kappa shape index (κ1) is 77.3. The van der Waals surface area contributed by atoms with E-state index in [2.05, 4.69) is 43.5 Å². The van der Waals surface area contributed by atoms with Crippen LogP contribution in [0.1, 0.15) is 245 Å². The minimum absolute atomic E-state index is 0.228. The lowest BCUT2D eigenvalue weighted by atomic mass is 9.96. The van der Waals surface area contributed by atoms with Crippen LogP contribution in [0.3, 0.4) is 0 Å². The van der Waals surface area contributed by atoms with Crippen molar-refractivity contribution in [1.82, 2.24) is 5.32 Å². The van der Waals surface area contributed by atoms with Gasteiger partial charge in [-0.3, -0.25) is 4.79 Å². The third-order valence-corrected chi connectivity index (χ3v) is 16.9. The zero-order valence-corrected chi connectivity index (χ0v) is 52.3. The van der Waals surface area contributed by atoms with Crippen molar-refractivity contribution in [3.05, 3.63) is 36.5 Å². The van der Waals surface area contributed by atoms with Crippen LogP contribution in [0, 0.1) is 0 Å². The van der Waals surface area contributed by atoms with Gasteiger partial charge in [0, 0.05) is 6.42 Å². The molecule has 19 nitrogen and oxygen atoms in total. The number of carbonyl (C=O) groups is 1. The summed E-state index contributed by atoms with van der Waals surface area (Å²) in [6.45, 7) is 1.72. The van der Waals surface area contributed by atoms with E-state index in [0.717, 1.165) is 70.6 Å². The lowest BCUT2D eigenvalue weighted by Crippen LogP contribution is -2.66. The van der Waals surface area contributed by atoms with E-state index in [1.54, 1.807) is 6.08 Å². The average Bonchev–Trinajstić information content (AvgIpc) is 3.49. The van der Waals surface area contributed by atoms with Crippen LogP contribution in [0.5, 0.6) is 0 Å². The van der Waals surface area contributed by atoms with Crippen LogP contribution in [0.15, 0.2) is 36.5 Å². The van der Waals surface area contributed by atoms with Crippen LogP contribution < -0.4 is 5.32 Å². The molecule has 17 atom stereocenters. The molecule has 19 heteroatoms. The summed E-state index contributed by atoms with van der Waals surface area (Å²) in [7, 11) is 0. The summed E-state index contributed by atoms with van der Waals surface area (Å²) >= 11 is 0. The van der Waals surface area contributed by atoms with E-state index in [-0.39, 0.29) is 18.9 Å². The Balaban J connectivity index is 1.46. The summed E-state index contributed by atoms with van der Waals surface area (Å²) in [4.78, 5) is 13.4. The number of nitrogens with one attached hydrogen (secondary N) is 1. The van der Waals surface area contributed by atoms with Crippen molar-refractivity contribution < 1.29 is 89.4 Å². The van der Waals surface area contributed by atoms with E-state index < -0.39 is 124 Å². The van der Waals surface area contributed by atoms with E-state index in [4.69, 9.17) is 28.4 Å². The van der Waals surface area contributed by atoms with E-state index in [9.17, 15) is 61.0 Å². The molecule has 0 aliphatic carbocycles. The molecule has 0 aromatic rings. The van der Waals surface area contributed by atoms with Crippen LogP contribution in [0.2, 0.25) is 0 Å². The number of hydrogen-bond acceptors (Lipinski definition) is 18. The molecule has 0 aromatic carbocycles. The van der Waals surface area contributed by atoms with Gasteiger partial charge in [-0.15, -0.1) is 0 Å². The fourth-order valence-corrected chi connectivity index (χ4v) is 11.4. The van der Waals surface area contributed by atoms with Gasteiger partial charge in [0.1, 0.15) is 73.2 Å². The highest BCUT2D eigenvalue weighted by Gasteiger charge is 2.53. The van der Waals surface area contributed by atoms with Gasteiger partial charge in [-0.2, -0.15) is 0 Å². The molecule has 17 unspecified atom stereocenters. The highest BCUT2D eigenvalue weighted by Crippen LogP contribution is 2.33. The van der Waals surface area contributed by atoms with Crippen molar-refractivity contribution in [3.8, 4) is 0 Å². The number of rotatable bonds is 51. The Hall–Kier alpha value is -1.99. The number of amides is 1. The molecule has 0 bridgehead atoms. The van der Waals surface area contributed by atoms with E-state index in [1.165, 1.54) is 148 Å². The molecular weight excluding hydrogens is 1090 g/mol. The fraction of sp³-hybridized carbons (Fsp3) is 0.894. The summed E-state index contributed by atoms with van der Waals surface area (Å²) in [5, 5.41) is 120. The molecule has 0 spiro atoms. The molecule has 3 rings (SSSR count). The number of carbonyl (C=O) groups excluding carboxylic acids is 1. The molecule has 12 N–H and O–H groups in total. The maximum absolute atomic E-state index is 13.4. The van der Waals surface area contributed by atoms with Crippen LogP contribution in [-0.2, 0) is 33.2 Å². The highest BCUT2D eigenvalue weighted by molar-refractivity contribution is 5.76. The predicted octanol–water partition coefficient (Wildman–Crippen LogP) is 8.05. The standard InChI is InChI=1S/C66H121NO18/c1-3-5-7-9-11-13-15-17-19-21-22-23-24-25-26-27-28-29-31-33-35-37-39-41-43-50(71)49(67-54(72)44-42-40-38-36-34-32-30-20-18-16-14-12-10-8-6-4-2)48-80-64-60(78)57(75)62(52(46-69)82-64)85-66-61(79)58(76)63(53(47-70)83-66)84-65-59(77)56(74)55(73)51(45-68)81-65/h14,16,20,30,41,43,49-53,55-66,68-71,73-79H,3-13,15,17-19,21-29,31-40,42,44-48H2,1-2H3,(H,67,72)/b16-14-,30-20-,43-41+. The quantitative estimate of drug-likeness (QED) is 0.0202. The second-order valence-electron chi connectivity index (χ2n) is 24.3. The van der Waals surface area contributed by atoms with Gasteiger partial charge in [-0.05, 0) is 51.4 Å². The van der Waals surface area contributed by atoms with Crippen LogP contribution >= 0.6 is 0 Å². The Morgan fingerprint density at radius 3 is 1.21 bits per heavy atom. The zero-order valence-electron chi connectivity index (χ0n) is 52.3. The van der Waals surface area contributed by atoms with Crippen LogP contribution in [0.4, 0.5) is 0 Å². The van der Waals surface area contributed by atoms with Crippen molar-refractivity contribution >= 4 is 5.91 Å². The van der Waals surface area contributed by atoms with Gasteiger partial charge in [0.15, 0.2) is 18.9 Å². The number of aliphatic hydroxyl groups excluding tert-OH is 11. The third-order valence-electron chi connectivity index (χ3n) is 16.9. The maximum Gasteiger partial charge on any atom is 0.220 e. The molecule has 1 amide bonds. The normalized spacial score (nSPS) is 29.2. The summed E-state index contributed by atoms with van der Waals surface area (Å²) < 4.78 is 34.3. The van der Waals surface area contributed by atoms with Crippen LogP contribution in [0.25, 0.3) is 0 Å². The average molecular weight is 1220 g/mol. The van der Waals surface area contributed by atoms with E-state index >= 15 is 0 Å². The van der Waals surface area contributed by atoms with Gasteiger partial charge in [0.05, 0.1) is 38.6 Å². The van der Waals surface area contributed by atoms with E-state index in [0.29, 0.717) is 6.42 Å². The van der Waals surface area contributed by atoms with Gasteiger partial charge >= 0.3 is 0 Å². The van der Waals surface area contributed by atoms with Gasteiger partial charge in [0.2, 0.25) is 5.91 Å². The van der Waals surface area contributed by atoms with Gasteiger partial charge < -0.3 is 89.9 Å². The number of ether oxygens (including phenoxy) is 6. The van der Waals surface area contributed by atoms with Crippen LogP contribution in [-0.4, -0.2) is 193 Å². The largest absolute Gasteiger partial charge is 0.394 e. The molecule has 3 fully saturated rings. The Morgan fingerprint density at radius 1 is 0.424 bits per heavy atom. The first-order valence-corrected chi connectivity index (χ1v) is 33.7. The smallest absolute Gasteiger partial charge is 0.220 e. The Kier molecular flexibility index (Phi) is 44.4. The summed E-state index contributed by atoms with van der Waals surface area (Å²) in [6.07, 6.45) is 28.3. The highest BCUT2D eigenvalue weighted by atomic mass is 16.8. The summed E-state index contributed by atoms with van der Waals surface area (Å²) in [5.74, 6) is -0.288. The van der Waals surface area contributed by atoms with Crippen molar-refractivity contribution in [2.45, 2.75) is 349 Å². The molecule has 0 saturated carbocycles. The minimum atomic E-state index is -1.98. The third kappa shape index (κ3) is 31.5. The fourth-order valence-electron chi connectivity index (χ4n) is 11.4. The lowest BCUT2D eigenvalue weighted by Gasteiger charge is -2.48. The zero-order chi connectivity index (χ0) is 61.9. The Labute approximate surface area is 511 Å². The first-order valence-electron chi connectivity index (χ1n) is 33.7. The summed E-state index contributed by atoms with van der Waals surface area (Å²) in [5.41, 5.74) is 0. The number of aliphatic hydroxyl groups is 11. The molecule has 0 radical (unpaired) electrons. The number of hydrogen-bond donors (Lipinski definition) is 12. The topological polar surface area (TPSA) is 307 Å². The second-order valence-corrected chi connectivity index (χ2v) is 24.3. The SMILES string of the molecule is CCCCCC/C=C\C/C=C\CCCCCCCC(=O)NC(COC1OC(CO)C(OC2OC(CO)C(OC3OC(CO)C(O)C(O)C3O)C(O)C2O)C(O)C1O)C(O)/C=C/CCCCCCCCCCCCCCCCCCCCCCCC.